The van der Waals surface area contributed by atoms with E-state index in [-0.39, 0.29) is 24.0 Å². The molecular formula is C19H24N6O. The van der Waals surface area contributed by atoms with Gasteiger partial charge >= 0.3 is 6.03 Å². The van der Waals surface area contributed by atoms with E-state index in [0.29, 0.717) is 5.82 Å². The molecule has 2 saturated heterocycles. The van der Waals surface area contributed by atoms with Crippen LogP contribution in [0.25, 0.3) is 0 Å². The number of aromatic nitrogens is 1. The Bertz CT molecular complexity index is 768. The summed E-state index contributed by atoms with van der Waals surface area (Å²) in [7, 11) is 0. The quantitative estimate of drug-likeness (QED) is 0.677. The molecule has 0 radical (unpaired) electrons. The van der Waals surface area contributed by atoms with Gasteiger partial charge < -0.3 is 16.0 Å². The number of amides is 2. The van der Waals surface area contributed by atoms with Gasteiger partial charge in [-0.2, -0.15) is 0 Å². The average Bonchev–Trinajstić information content (AvgIpc) is 3.31. The zero-order chi connectivity index (χ0) is 17.9. The van der Waals surface area contributed by atoms with Crippen LogP contribution < -0.4 is 21.9 Å². The highest BCUT2D eigenvalue weighted by atomic mass is 16.2. The highest BCUT2D eigenvalue weighted by Gasteiger charge is 2.41. The molecule has 3 unspecified atom stereocenters. The lowest BCUT2D eigenvalue weighted by molar-refractivity contribution is 0.191. The molecule has 0 bridgehead atoms. The summed E-state index contributed by atoms with van der Waals surface area (Å²) in [6.45, 7) is 1.57. The number of hydrazine groups is 1. The molecule has 7 heteroatoms. The van der Waals surface area contributed by atoms with Crippen molar-refractivity contribution in [2.45, 2.75) is 30.8 Å². The Kier molecular flexibility index (Phi) is 4.73. The maximum atomic E-state index is 12.8. The molecule has 2 aliphatic heterocycles. The van der Waals surface area contributed by atoms with Gasteiger partial charge in [0.05, 0.1) is 6.04 Å². The largest absolute Gasteiger partial charge is 0.384 e. The van der Waals surface area contributed by atoms with Gasteiger partial charge in [-0.1, -0.05) is 18.2 Å². The Morgan fingerprint density at radius 3 is 2.92 bits per heavy atom. The lowest BCUT2D eigenvalue weighted by Crippen LogP contribution is -2.51. The van der Waals surface area contributed by atoms with E-state index >= 15 is 0 Å². The van der Waals surface area contributed by atoms with Gasteiger partial charge in [0.25, 0.3) is 0 Å². The molecule has 3 heterocycles. The van der Waals surface area contributed by atoms with Gasteiger partial charge in [0, 0.05) is 36.9 Å². The second-order valence-electron chi connectivity index (χ2n) is 6.87. The number of carbonyl (C=O) groups is 1. The van der Waals surface area contributed by atoms with Gasteiger partial charge in [-0.15, -0.1) is 0 Å². The number of hydrogen-bond donors (Lipinski definition) is 4. The molecule has 2 aromatic rings. The van der Waals surface area contributed by atoms with Crippen LogP contribution in [0.4, 0.5) is 16.3 Å². The van der Waals surface area contributed by atoms with E-state index in [0.717, 1.165) is 37.2 Å². The third-order valence-electron chi connectivity index (χ3n) is 5.26. The summed E-state index contributed by atoms with van der Waals surface area (Å²) in [4.78, 5) is 18.9. The number of hydrogen-bond acceptors (Lipinski definition) is 5. The Morgan fingerprint density at radius 2 is 2.12 bits per heavy atom. The summed E-state index contributed by atoms with van der Waals surface area (Å²) >= 11 is 0. The van der Waals surface area contributed by atoms with Crippen LogP contribution in [-0.2, 0) is 0 Å². The Balaban J connectivity index is 1.51. The van der Waals surface area contributed by atoms with Crippen LogP contribution in [0.1, 0.15) is 24.3 Å². The van der Waals surface area contributed by atoms with Crippen LogP contribution in [0.15, 0.2) is 48.7 Å². The van der Waals surface area contributed by atoms with Crippen molar-refractivity contribution in [3.63, 3.8) is 0 Å². The molecule has 1 aromatic carbocycles. The molecule has 0 spiro atoms. The summed E-state index contributed by atoms with van der Waals surface area (Å²) in [6, 6.07) is 13.7. The molecule has 136 valence electrons. The third-order valence-corrected chi connectivity index (χ3v) is 5.26. The Morgan fingerprint density at radius 1 is 1.27 bits per heavy atom. The van der Waals surface area contributed by atoms with Crippen molar-refractivity contribution in [1.82, 2.24) is 20.7 Å². The van der Waals surface area contributed by atoms with E-state index in [2.05, 4.69) is 21.2 Å². The molecule has 0 saturated carbocycles. The lowest BCUT2D eigenvalue weighted by atomic mass is 9.88. The fraction of sp³-hybridized carbons (Fsp3) is 0.368. The van der Waals surface area contributed by atoms with Crippen LogP contribution in [0.5, 0.6) is 0 Å². The number of benzene rings is 1. The molecular weight excluding hydrogens is 328 g/mol. The SMILES string of the molecule is Nc1cc(C2CNNC2C2CCCN2C(=O)Nc2ccccc2)ccn1. The summed E-state index contributed by atoms with van der Waals surface area (Å²) < 4.78 is 0. The molecule has 4 rings (SSSR count). The fourth-order valence-corrected chi connectivity index (χ4v) is 4.03. The van der Waals surface area contributed by atoms with Crippen molar-refractivity contribution >= 4 is 17.5 Å². The number of carbonyl (C=O) groups excluding carboxylic acids is 1. The number of rotatable bonds is 3. The van der Waals surface area contributed by atoms with Crippen molar-refractivity contribution in [3.8, 4) is 0 Å². The molecule has 2 aliphatic rings. The predicted molar refractivity (Wildman–Crippen MR) is 102 cm³/mol. The summed E-state index contributed by atoms with van der Waals surface area (Å²) in [5.41, 5.74) is 14.5. The number of nitrogens with one attached hydrogen (secondary N) is 3. The second-order valence-corrected chi connectivity index (χ2v) is 6.87. The number of nitrogen functional groups attached to an aromatic ring is 1. The summed E-state index contributed by atoms with van der Waals surface area (Å²) in [5.74, 6) is 0.772. The van der Waals surface area contributed by atoms with Crippen molar-refractivity contribution in [2.24, 2.45) is 0 Å². The van der Waals surface area contributed by atoms with Crippen LogP contribution in [0.2, 0.25) is 0 Å². The van der Waals surface area contributed by atoms with Gasteiger partial charge in [0.15, 0.2) is 0 Å². The first-order chi connectivity index (χ1) is 12.7. The maximum Gasteiger partial charge on any atom is 0.322 e. The average molecular weight is 352 g/mol. The number of nitrogens with two attached hydrogens (primary N) is 1. The van der Waals surface area contributed by atoms with Gasteiger partial charge in [-0.05, 0) is 42.7 Å². The van der Waals surface area contributed by atoms with Crippen molar-refractivity contribution in [1.29, 1.82) is 0 Å². The van der Waals surface area contributed by atoms with Gasteiger partial charge in [-0.25, -0.2) is 9.78 Å². The van der Waals surface area contributed by atoms with Crippen molar-refractivity contribution in [2.75, 3.05) is 24.1 Å². The third kappa shape index (κ3) is 3.36. The fourth-order valence-electron chi connectivity index (χ4n) is 4.03. The van der Waals surface area contributed by atoms with Gasteiger partial charge in [-0.3, -0.25) is 10.9 Å². The maximum absolute atomic E-state index is 12.8. The zero-order valence-electron chi connectivity index (χ0n) is 14.6. The number of nitrogens with zero attached hydrogens (tertiary/aromatic N) is 2. The zero-order valence-corrected chi connectivity index (χ0v) is 14.6. The number of urea groups is 1. The van der Waals surface area contributed by atoms with E-state index in [1.807, 2.05) is 47.4 Å². The van der Waals surface area contributed by atoms with E-state index in [1.54, 1.807) is 6.20 Å². The Hall–Kier alpha value is -2.64. The van der Waals surface area contributed by atoms with Crippen LogP contribution in [0.3, 0.4) is 0 Å². The molecule has 3 atom stereocenters. The number of likely N-dealkylation sites (tertiary alicyclic amines) is 1. The van der Waals surface area contributed by atoms with Crippen molar-refractivity contribution < 1.29 is 4.79 Å². The lowest BCUT2D eigenvalue weighted by Gasteiger charge is -2.32. The molecule has 5 N–H and O–H groups in total. The molecule has 2 fully saturated rings. The normalized spacial score (nSPS) is 25.4. The second kappa shape index (κ2) is 7.31. The van der Waals surface area contributed by atoms with E-state index in [9.17, 15) is 4.79 Å². The van der Waals surface area contributed by atoms with Crippen LogP contribution in [0, 0.1) is 0 Å². The molecule has 1 aromatic heterocycles. The van der Waals surface area contributed by atoms with E-state index < -0.39 is 0 Å². The van der Waals surface area contributed by atoms with Crippen LogP contribution >= 0.6 is 0 Å². The topological polar surface area (TPSA) is 95.3 Å². The minimum Gasteiger partial charge on any atom is -0.384 e. The standard InChI is InChI=1S/C19H24N6O/c20-17-11-13(8-9-21-17)15-12-22-24-18(15)16-7-4-10-25(16)19(26)23-14-5-2-1-3-6-14/h1-3,5-6,8-9,11,15-16,18,22,24H,4,7,10,12H2,(H2,20,21)(H,23,26). The highest BCUT2D eigenvalue weighted by molar-refractivity contribution is 5.89. The minimum absolute atomic E-state index is 0.0413. The first-order valence-electron chi connectivity index (χ1n) is 9.05. The van der Waals surface area contributed by atoms with E-state index in [1.165, 1.54) is 0 Å². The smallest absolute Gasteiger partial charge is 0.322 e. The molecule has 7 nitrogen and oxygen atoms in total. The van der Waals surface area contributed by atoms with Crippen LogP contribution in [-0.4, -0.2) is 41.1 Å². The molecule has 26 heavy (non-hydrogen) atoms. The van der Waals surface area contributed by atoms with Gasteiger partial charge in [0.1, 0.15) is 5.82 Å². The first-order valence-corrected chi connectivity index (χ1v) is 9.05. The predicted octanol–water partition coefficient (Wildman–Crippen LogP) is 1.92. The molecule has 2 amide bonds. The van der Waals surface area contributed by atoms with Gasteiger partial charge in [0.2, 0.25) is 0 Å². The van der Waals surface area contributed by atoms with E-state index in [4.69, 9.17) is 5.73 Å². The highest BCUT2D eigenvalue weighted by Crippen LogP contribution is 2.32. The first kappa shape index (κ1) is 16.8. The summed E-state index contributed by atoms with van der Waals surface area (Å²) in [5, 5.41) is 3.01. The summed E-state index contributed by atoms with van der Waals surface area (Å²) in [6.07, 6.45) is 3.74. The monoisotopic (exact) mass is 352 g/mol. The minimum atomic E-state index is -0.0413. The molecule has 0 aliphatic carbocycles. The number of pyridine rings is 1. The van der Waals surface area contributed by atoms with Crippen molar-refractivity contribution in [3.05, 3.63) is 54.2 Å². The number of anilines is 2. The Labute approximate surface area is 152 Å². The number of para-hydroxylation sites is 1.